The second kappa shape index (κ2) is 5.54. The van der Waals surface area contributed by atoms with Crippen molar-refractivity contribution in [3.8, 4) is 0 Å². The summed E-state index contributed by atoms with van der Waals surface area (Å²) in [5, 5.41) is 3.63. The lowest BCUT2D eigenvalue weighted by Crippen LogP contribution is -2.50. The molecule has 6 heteroatoms. The van der Waals surface area contributed by atoms with E-state index < -0.39 is 0 Å². The van der Waals surface area contributed by atoms with Gasteiger partial charge in [0.2, 0.25) is 0 Å². The predicted molar refractivity (Wildman–Crippen MR) is 74.2 cm³/mol. The zero-order valence-corrected chi connectivity index (χ0v) is 12.0. The monoisotopic (exact) mass is 280 g/mol. The van der Waals surface area contributed by atoms with E-state index in [-0.39, 0.29) is 5.91 Å². The Bertz CT molecular complexity index is 424. The summed E-state index contributed by atoms with van der Waals surface area (Å²) in [7, 11) is 0. The van der Waals surface area contributed by atoms with Crippen molar-refractivity contribution < 1.29 is 4.79 Å². The number of piperidine rings is 1. The first-order chi connectivity index (χ1) is 9.28. The van der Waals surface area contributed by atoms with Gasteiger partial charge in [-0.1, -0.05) is 6.92 Å². The zero-order valence-electron chi connectivity index (χ0n) is 11.2. The molecule has 0 radical (unpaired) electrons. The predicted octanol–water partition coefficient (Wildman–Crippen LogP) is 1.67. The highest BCUT2D eigenvalue weighted by molar-refractivity contribution is 6.99. The molecule has 1 N–H and O–H groups in total. The SMILES string of the molecule is CCCN(C(=O)c1cnsn1)C1CC2CCC(C1)N2. The minimum absolute atomic E-state index is 0.0573. The van der Waals surface area contributed by atoms with Crippen LogP contribution in [-0.2, 0) is 0 Å². The highest BCUT2D eigenvalue weighted by Gasteiger charge is 2.37. The Balaban J connectivity index is 1.75. The van der Waals surface area contributed by atoms with Crippen LogP contribution >= 0.6 is 11.7 Å². The third kappa shape index (κ3) is 2.65. The maximum absolute atomic E-state index is 12.5. The van der Waals surface area contributed by atoms with Crippen molar-refractivity contribution >= 4 is 17.6 Å². The zero-order chi connectivity index (χ0) is 13.2. The largest absolute Gasteiger partial charge is 0.334 e. The second-order valence-electron chi connectivity index (χ2n) is 5.55. The molecule has 2 atom stereocenters. The van der Waals surface area contributed by atoms with Gasteiger partial charge < -0.3 is 10.2 Å². The molecule has 104 valence electrons. The van der Waals surface area contributed by atoms with Crippen molar-refractivity contribution in [2.24, 2.45) is 0 Å². The van der Waals surface area contributed by atoms with Gasteiger partial charge >= 0.3 is 0 Å². The lowest BCUT2D eigenvalue weighted by atomic mass is 9.97. The topological polar surface area (TPSA) is 58.1 Å². The Kier molecular flexibility index (Phi) is 3.79. The van der Waals surface area contributed by atoms with Crippen LogP contribution in [0.5, 0.6) is 0 Å². The molecule has 19 heavy (non-hydrogen) atoms. The second-order valence-corrected chi connectivity index (χ2v) is 6.11. The summed E-state index contributed by atoms with van der Waals surface area (Å²) in [6.45, 7) is 2.94. The van der Waals surface area contributed by atoms with Crippen molar-refractivity contribution in [3.05, 3.63) is 11.9 Å². The first kappa shape index (κ1) is 13.0. The standard InChI is InChI=1S/C13H20N4OS/c1-2-5-17(13(18)12-8-14-19-16-12)11-6-9-3-4-10(7-11)15-9/h8-11,15H,2-7H2,1H3. The average molecular weight is 280 g/mol. The maximum Gasteiger partial charge on any atom is 0.275 e. The first-order valence-electron chi connectivity index (χ1n) is 7.12. The van der Waals surface area contributed by atoms with Crippen LogP contribution in [0.4, 0.5) is 0 Å². The number of aromatic nitrogens is 2. The smallest absolute Gasteiger partial charge is 0.275 e. The van der Waals surface area contributed by atoms with E-state index in [9.17, 15) is 4.79 Å². The van der Waals surface area contributed by atoms with E-state index in [1.165, 1.54) is 12.8 Å². The van der Waals surface area contributed by atoms with Crippen LogP contribution in [0.25, 0.3) is 0 Å². The lowest BCUT2D eigenvalue weighted by Gasteiger charge is -2.37. The quantitative estimate of drug-likeness (QED) is 0.911. The molecule has 0 aromatic carbocycles. The molecule has 3 rings (SSSR count). The highest BCUT2D eigenvalue weighted by Crippen LogP contribution is 2.30. The van der Waals surface area contributed by atoms with Crippen LogP contribution in [0.2, 0.25) is 0 Å². The van der Waals surface area contributed by atoms with Crippen LogP contribution in [0, 0.1) is 0 Å². The van der Waals surface area contributed by atoms with Crippen LogP contribution < -0.4 is 5.32 Å². The molecular formula is C13H20N4OS. The number of hydrogen-bond acceptors (Lipinski definition) is 5. The minimum atomic E-state index is 0.0573. The third-order valence-corrected chi connectivity index (χ3v) is 4.67. The summed E-state index contributed by atoms with van der Waals surface area (Å²) in [6, 6.07) is 1.57. The van der Waals surface area contributed by atoms with Gasteiger partial charge in [-0.15, -0.1) is 0 Å². The molecule has 2 saturated heterocycles. The summed E-state index contributed by atoms with van der Waals surface area (Å²) >= 11 is 1.10. The van der Waals surface area contributed by atoms with Crippen molar-refractivity contribution in [2.45, 2.75) is 57.2 Å². The highest BCUT2D eigenvalue weighted by atomic mass is 32.1. The Morgan fingerprint density at radius 3 is 2.79 bits per heavy atom. The Hall–Kier alpha value is -1.01. The molecule has 2 aliphatic heterocycles. The number of nitrogens with one attached hydrogen (secondary N) is 1. The Labute approximate surface area is 117 Å². The average Bonchev–Trinajstić information content (AvgIpc) is 3.05. The number of hydrogen-bond donors (Lipinski definition) is 1. The molecule has 1 aromatic heterocycles. The van der Waals surface area contributed by atoms with Gasteiger partial charge in [0.1, 0.15) is 0 Å². The Morgan fingerprint density at radius 1 is 1.47 bits per heavy atom. The van der Waals surface area contributed by atoms with Crippen LogP contribution in [-0.4, -0.2) is 44.2 Å². The van der Waals surface area contributed by atoms with Crippen molar-refractivity contribution in [3.63, 3.8) is 0 Å². The van der Waals surface area contributed by atoms with Crippen molar-refractivity contribution in [2.75, 3.05) is 6.54 Å². The fraction of sp³-hybridized carbons (Fsp3) is 0.769. The third-order valence-electron chi connectivity index (χ3n) is 4.19. The van der Waals surface area contributed by atoms with E-state index >= 15 is 0 Å². The van der Waals surface area contributed by atoms with E-state index in [1.807, 2.05) is 4.90 Å². The van der Waals surface area contributed by atoms with Gasteiger partial charge in [-0.2, -0.15) is 8.75 Å². The number of carbonyl (C=O) groups is 1. The fourth-order valence-electron chi connectivity index (χ4n) is 3.38. The molecule has 2 fully saturated rings. The molecule has 2 aliphatic rings. The van der Waals surface area contributed by atoms with Gasteiger partial charge in [-0.05, 0) is 32.1 Å². The van der Waals surface area contributed by atoms with Gasteiger partial charge in [-0.25, -0.2) is 0 Å². The number of rotatable bonds is 4. The summed E-state index contributed by atoms with van der Waals surface area (Å²) in [5.41, 5.74) is 0.504. The summed E-state index contributed by atoms with van der Waals surface area (Å²) in [4.78, 5) is 14.6. The summed E-state index contributed by atoms with van der Waals surface area (Å²) in [6.07, 6.45) is 7.26. The van der Waals surface area contributed by atoms with Gasteiger partial charge in [0.15, 0.2) is 5.69 Å². The van der Waals surface area contributed by atoms with E-state index in [4.69, 9.17) is 0 Å². The molecule has 0 aliphatic carbocycles. The van der Waals surface area contributed by atoms with Crippen molar-refractivity contribution in [1.82, 2.24) is 19.0 Å². The fourth-order valence-corrected chi connectivity index (χ4v) is 3.79. The van der Waals surface area contributed by atoms with E-state index in [2.05, 4.69) is 21.0 Å². The van der Waals surface area contributed by atoms with Gasteiger partial charge in [0, 0.05) is 24.7 Å². The molecule has 5 nitrogen and oxygen atoms in total. The van der Waals surface area contributed by atoms with E-state index in [0.717, 1.165) is 37.5 Å². The van der Waals surface area contributed by atoms with Gasteiger partial charge in [0.25, 0.3) is 5.91 Å². The number of amides is 1. The summed E-state index contributed by atoms with van der Waals surface area (Å²) < 4.78 is 8.04. The number of fused-ring (bicyclic) bond motifs is 2. The van der Waals surface area contributed by atoms with Crippen LogP contribution in [0.1, 0.15) is 49.5 Å². The molecule has 2 bridgehead atoms. The van der Waals surface area contributed by atoms with Gasteiger partial charge in [-0.3, -0.25) is 4.79 Å². The Morgan fingerprint density at radius 2 is 2.21 bits per heavy atom. The van der Waals surface area contributed by atoms with E-state index in [1.54, 1.807) is 6.20 Å². The molecule has 2 unspecified atom stereocenters. The van der Waals surface area contributed by atoms with Crippen LogP contribution in [0.3, 0.4) is 0 Å². The normalized spacial score (nSPS) is 29.4. The molecule has 0 spiro atoms. The minimum Gasteiger partial charge on any atom is -0.334 e. The molecule has 1 amide bonds. The molecule has 1 aromatic rings. The molecule has 0 saturated carbocycles. The first-order valence-corrected chi connectivity index (χ1v) is 7.85. The summed E-state index contributed by atoms with van der Waals surface area (Å²) in [5.74, 6) is 0.0573. The maximum atomic E-state index is 12.5. The molecule has 3 heterocycles. The number of carbonyl (C=O) groups excluding carboxylic acids is 1. The lowest BCUT2D eigenvalue weighted by molar-refractivity contribution is 0.0612. The van der Waals surface area contributed by atoms with E-state index in [0.29, 0.717) is 23.8 Å². The number of nitrogens with zero attached hydrogens (tertiary/aromatic N) is 3. The molecular weight excluding hydrogens is 260 g/mol. The van der Waals surface area contributed by atoms with Crippen molar-refractivity contribution in [1.29, 1.82) is 0 Å². The van der Waals surface area contributed by atoms with Gasteiger partial charge in [0.05, 0.1) is 17.9 Å². The van der Waals surface area contributed by atoms with Crippen LogP contribution in [0.15, 0.2) is 6.20 Å².